The molecule has 1 heterocycles. The minimum Gasteiger partial charge on any atom is -0.370 e. The Hall–Kier alpha value is -1.77. The van der Waals surface area contributed by atoms with Gasteiger partial charge in [-0.15, -0.1) is 0 Å². The van der Waals surface area contributed by atoms with Crippen LogP contribution in [0.5, 0.6) is 0 Å². The van der Waals surface area contributed by atoms with Crippen LogP contribution >= 0.6 is 11.6 Å². The molecule has 158 valence electrons. The first-order chi connectivity index (χ1) is 14.1. The average molecular weight is 417 g/mol. The molecule has 0 radical (unpaired) electrons. The number of benzene rings is 1. The van der Waals surface area contributed by atoms with Gasteiger partial charge in [-0.1, -0.05) is 36.6 Å². The highest BCUT2D eigenvalue weighted by Crippen LogP contribution is 2.36. The van der Waals surface area contributed by atoms with E-state index in [1.165, 1.54) is 19.3 Å². The van der Waals surface area contributed by atoms with Crippen LogP contribution in [0.15, 0.2) is 24.3 Å². The Balaban J connectivity index is 1.35. The lowest BCUT2D eigenvalue weighted by Crippen LogP contribution is -2.47. The fraction of sp³-hybridized carbons (Fsp3) is 0.652. The van der Waals surface area contributed by atoms with E-state index in [2.05, 4.69) is 28.0 Å². The van der Waals surface area contributed by atoms with Gasteiger partial charge in [-0.3, -0.25) is 9.69 Å². The molecule has 1 atom stereocenters. The molecule has 6 heteroatoms. The van der Waals surface area contributed by atoms with Crippen molar-refractivity contribution in [2.24, 2.45) is 23.5 Å². The molecule has 0 bridgehead atoms. The Kier molecular flexibility index (Phi) is 8.20. The van der Waals surface area contributed by atoms with E-state index in [1.54, 1.807) is 0 Å². The van der Waals surface area contributed by atoms with Crippen LogP contribution in [0.2, 0.25) is 5.02 Å². The molecule has 2 fully saturated rings. The second kappa shape index (κ2) is 10.8. The standard InChI is InChI=1S/C23H33ClN4O/c24-21-3-1-2-4-22(21)28-15-13-27(14-16-28)12-11-18-5-7-19(8-6-18)20(17-25)9-10-23(26)29/h1-4,18-20H,5-16H2,(H2,26,29). The number of hydrogen-bond donors (Lipinski definition) is 1. The number of carbonyl (C=O) groups is 1. The molecule has 1 amide bonds. The Morgan fingerprint density at radius 2 is 1.86 bits per heavy atom. The normalized spacial score (nSPS) is 24.1. The zero-order valence-corrected chi connectivity index (χ0v) is 18.0. The van der Waals surface area contributed by atoms with Crippen LogP contribution in [0.3, 0.4) is 0 Å². The van der Waals surface area contributed by atoms with Crippen LogP contribution in [-0.2, 0) is 4.79 Å². The number of rotatable bonds is 8. The minimum atomic E-state index is -0.298. The van der Waals surface area contributed by atoms with Gasteiger partial charge in [0, 0.05) is 38.5 Å². The summed E-state index contributed by atoms with van der Waals surface area (Å²) in [5, 5.41) is 10.3. The van der Waals surface area contributed by atoms with Crippen LogP contribution in [0.1, 0.15) is 44.9 Å². The maximum Gasteiger partial charge on any atom is 0.217 e. The van der Waals surface area contributed by atoms with Crippen LogP contribution in [-0.4, -0.2) is 43.5 Å². The Labute approximate surface area is 179 Å². The van der Waals surface area contributed by atoms with Crippen LogP contribution < -0.4 is 10.6 Å². The summed E-state index contributed by atoms with van der Waals surface area (Å²) >= 11 is 6.34. The molecular formula is C23H33ClN4O. The molecule has 0 spiro atoms. The number of para-hydroxylation sites is 1. The molecule has 1 aromatic carbocycles. The van der Waals surface area contributed by atoms with E-state index in [9.17, 15) is 10.1 Å². The maximum absolute atomic E-state index is 11.0. The van der Waals surface area contributed by atoms with Gasteiger partial charge in [-0.2, -0.15) is 5.26 Å². The first kappa shape index (κ1) is 21.9. The monoisotopic (exact) mass is 416 g/mol. The van der Waals surface area contributed by atoms with Gasteiger partial charge in [0.1, 0.15) is 0 Å². The van der Waals surface area contributed by atoms with Crippen molar-refractivity contribution in [2.75, 3.05) is 37.6 Å². The zero-order chi connectivity index (χ0) is 20.6. The second-order valence-corrected chi connectivity index (χ2v) is 9.00. The van der Waals surface area contributed by atoms with Crippen molar-refractivity contribution in [3.8, 4) is 6.07 Å². The number of nitriles is 1. The van der Waals surface area contributed by atoms with E-state index in [0.717, 1.165) is 62.2 Å². The summed E-state index contributed by atoms with van der Waals surface area (Å²) in [6.07, 6.45) is 6.84. The van der Waals surface area contributed by atoms with E-state index < -0.39 is 0 Å². The first-order valence-corrected chi connectivity index (χ1v) is 11.3. The number of nitrogens with two attached hydrogens (primary N) is 1. The van der Waals surface area contributed by atoms with E-state index in [-0.39, 0.29) is 11.8 Å². The summed E-state index contributed by atoms with van der Waals surface area (Å²) in [5.41, 5.74) is 6.39. The van der Waals surface area contributed by atoms with Crippen molar-refractivity contribution in [2.45, 2.75) is 44.9 Å². The van der Waals surface area contributed by atoms with Crippen molar-refractivity contribution >= 4 is 23.2 Å². The van der Waals surface area contributed by atoms with Crippen molar-refractivity contribution in [1.82, 2.24) is 4.90 Å². The van der Waals surface area contributed by atoms with Gasteiger partial charge < -0.3 is 10.6 Å². The summed E-state index contributed by atoms with van der Waals surface area (Å²) in [6.45, 7) is 5.39. The SMILES string of the molecule is N#CC(CCC(N)=O)C1CCC(CCN2CCN(c3ccccc3Cl)CC2)CC1. The molecule has 29 heavy (non-hydrogen) atoms. The number of hydrogen-bond acceptors (Lipinski definition) is 4. The molecule has 2 N–H and O–H groups in total. The highest BCUT2D eigenvalue weighted by atomic mass is 35.5. The first-order valence-electron chi connectivity index (χ1n) is 11.0. The largest absolute Gasteiger partial charge is 0.370 e. The summed E-state index contributed by atoms with van der Waals surface area (Å²) in [4.78, 5) is 16.0. The molecule has 1 saturated heterocycles. The van der Waals surface area contributed by atoms with Gasteiger partial charge in [0.25, 0.3) is 0 Å². The van der Waals surface area contributed by atoms with Gasteiger partial charge >= 0.3 is 0 Å². The fourth-order valence-electron chi connectivity index (χ4n) is 4.87. The Bertz CT molecular complexity index is 703. The van der Waals surface area contributed by atoms with Gasteiger partial charge in [0.05, 0.1) is 16.8 Å². The summed E-state index contributed by atoms with van der Waals surface area (Å²) < 4.78 is 0. The zero-order valence-electron chi connectivity index (χ0n) is 17.2. The number of piperazine rings is 1. The fourth-order valence-corrected chi connectivity index (χ4v) is 5.12. The predicted octanol–water partition coefficient (Wildman–Crippen LogP) is 4.06. The van der Waals surface area contributed by atoms with Gasteiger partial charge in [-0.05, 0) is 56.2 Å². The molecule has 5 nitrogen and oxygen atoms in total. The molecule has 1 aromatic rings. The predicted molar refractivity (Wildman–Crippen MR) is 118 cm³/mol. The quantitative estimate of drug-likeness (QED) is 0.693. The molecule has 1 unspecified atom stereocenters. The number of nitrogens with zero attached hydrogens (tertiary/aromatic N) is 3. The lowest BCUT2D eigenvalue weighted by Gasteiger charge is -2.37. The molecule has 0 aromatic heterocycles. The van der Waals surface area contributed by atoms with Crippen LogP contribution in [0.25, 0.3) is 0 Å². The maximum atomic E-state index is 11.0. The summed E-state index contributed by atoms with van der Waals surface area (Å²) in [7, 11) is 0. The molecular weight excluding hydrogens is 384 g/mol. The van der Waals surface area contributed by atoms with Crippen LogP contribution in [0, 0.1) is 29.1 Å². The summed E-state index contributed by atoms with van der Waals surface area (Å²) in [6, 6.07) is 10.5. The van der Waals surface area contributed by atoms with Crippen LogP contribution in [0.4, 0.5) is 5.69 Å². The van der Waals surface area contributed by atoms with E-state index in [1.807, 2.05) is 12.1 Å². The number of carbonyl (C=O) groups excluding carboxylic acids is 1. The lowest BCUT2D eigenvalue weighted by atomic mass is 9.74. The highest BCUT2D eigenvalue weighted by Gasteiger charge is 2.28. The number of amides is 1. The Morgan fingerprint density at radius 1 is 1.17 bits per heavy atom. The van der Waals surface area contributed by atoms with Crippen molar-refractivity contribution in [1.29, 1.82) is 5.26 Å². The highest BCUT2D eigenvalue weighted by molar-refractivity contribution is 6.33. The molecule has 1 aliphatic heterocycles. The summed E-state index contributed by atoms with van der Waals surface area (Å²) in [5.74, 6) is 0.896. The number of anilines is 1. The minimum absolute atomic E-state index is 0.0126. The van der Waals surface area contributed by atoms with E-state index in [0.29, 0.717) is 18.8 Å². The third-order valence-corrected chi connectivity index (χ3v) is 7.07. The molecule has 3 rings (SSSR count). The van der Waals surface area contributed by atoms with Gasteiger partial charge in [0.2, 0.25) is 5.91 Å². The van der Waals surface area contributed by atoms with Gasteiger partial charge in [0.15, 0.2) is 0 Å². The molecule has 1 saturated carbocycles. The second-order valence-electron chi connectivity index (χ2n) is 8.59. The number of primary amides is 1. The molecule has 2 aliphatic rings. The van der Waals surface area contributed by atoms with E-state index >= 15 is 0 Å². The van der Waals surface area contributed by atoms with Crippen molar-refractivity contribution in [3.05, 3.63) is 29.3 Å². The lowest BCUT2D eigenvalue weighted by molar-refractivity contribution is -0.118. The third-order valence-electron chi connectivity index (χ3n) is 6.75. The smallest absolute Gasteiger partial charge is 0.217 e. The third kappa shape index (κ3) is 6.35. The molecule has 1 aliphatic carbocycles. The number of halogens is 1. The Morgan fingerprint density at radius 3 is 2.48 bits per heavy atom. The topological polar surface area (TPSA) is 73.4 Å². The van der Waals surface area contributed by atoms with Gasteiger partial charge in [-0.25, -0.2) is 0 Å². The van der Waals surface area contributed by atoms with E-state index in [4.69, 9.17) is 17.3 Å². The average Bonchev–Trinajstić information content (AvgIpc) is 2.74. The van der Waals surface area contributed by atoms with Crippen molar-refractivity contribution < 1.29 is 4.79 Å². The van der Waals surface area contributed by atoms with Crippen molar-refractivity contribution in [3.63, 3.8) is 0 Å².